The van der Waals surface area contributed by atoms with Gasteiger partial charge in [0.05, 0.1) is 16.9 Å². The average molecular weight is 245 g/mol. The highest BCUT2D eigenvalue weighted by Gasteiger charge is 2.21. The molecule has 0 aliphatic carbocycles. The Labute approximate surface area is 96.0 Å². The first-order valence-corrected chi connectivity index (χ1v) is 4.88. The van der Waals surface area contributed by atoms with Gasteiger partial charge in [0.25, 0.3) is 0 Å². The lowest BCUT2D eigenvalue weighted by molar-refractivity contribution is 0.167. The van der Waals surface area contributed by atoms with E-state index in [1.54, 1.807) is 12.1 Å². The molecule has 0 N–H and O–H groups in total. The van der Waals surface area contributed by atoms with E-state index in [9.17, 15) is 4.79 Å². The second-order valence-electron chi connectivity index (χ2n) is 2.78. The average Bonchev–Trinajstić information content (AvgIpc) is 2.20. The number of carbonyl (C=O) groups excluding carboxylic acids is 1. The molecule has 15 heavy (non-hydrogen) atoms. The molecule has 0 atom stereocenters. The summed E-state index contributed by atoms with van der Waals surface area (Å²) in [6, 6.07) is 4.77. The number of hydrogen-bond donors (Lipinski definition) is 0. The van der Waals surface area contributed by atoms with Crippen molar-refractivity contribution in [2.24, 2.45) is 5.10 Å². The Morgan fingerprint density at radius 2 is 2.20 bits per heavy atom. The predicted molar refractivity (Wildman–Crippen MR) is 58.8 cm³/mol. The first kappa shape index (κ1) is 10.3. The summed E-state index contributed by atoms with van der Waals surface area (Å²) < 4.78 is 4.78. The van der Waals surface area contributed by atoms with Crippen LogP contribution in [0.15, 0.2) is 23.3 Å². The van der Waals surface area contributed by atoms with Crippen molar-refractivity contribution in [3.8, 4) is 0 Å². The Kier molecular flexibility index (Phi) is 2.79. The second kappa shape index (κ2) is 4.08. The fourth-order valence-electron chi connectivity index (χ4n) is 1.15. The lowest BCUT2D eigenvalue weighted by Crippen LogP contribution is -2.31. The number of anilines is 1. The lowest BCUT2D eigenvalue weighted by atomic mass is 10.3. The van der Waals surface area contributed by atoms with E-state index in [4.69, 9.17) is 27.9 Å². The molecule has 2 rings (SSSR count). The Morgan fingerprint density at radius 1 is 1.40 bits per heavy atom. The minimum Gasteiger partial charge on any atom is -0.442 e. The molecule has 0 bridgehead atoms. The van der Waals surface area contributed by atoms with Crippen LogP contribution in [0.5, 0.6) is 0 Å². The van der Waals surface area contributed by atoms with E-state index in [-0.39, 0.29) is 6.61 Å². The van der Waals surface area contributed by atoms with Crippen molar-refractivity contribution in [3.05, 3.63) is 28.2 Å². The van der Waals surface area contributed by atoms with Crippen molar-refractivity contribution in [2.75, 3.05) is 11.6 Å². The molecule has 0 aromatic heterocycles. The molecule has 0 fully saturated rings. The molecule has 0 radical (unpaired) electrons. The molecular weight excluding hydrogens is 239 g/mol. The highest BCUT2D eigenvalue weighted by molar-refractivity contribution is 6.36. The minimum atomic E-state index is -0.554. The van der Waals surface area contributed by atoms with Crippen LogP contribution in [0.1, 0.15) is 0 Å². The third-order valence-corrected chi connectivity index (χ3v) is 2.33. The van der Waals surface area contributed by atoms with Crippen LogP contribution < -0.4 is 5.01 Å². The van der Waals surface area contributed by atoms with Gasteiger partial charge in [-0.05, 0) is 18.2 Å². The first-order chi connectivity index (χ1) is 7.18. The monoisotopic (exact) mass is 244 g/mol. The van der Waals surface area contributed by atoms with E-state index in [0.717, 1.165) is 5.01 Å². The summed E-state index contributed by atoms with van der Waals surface area (Å²) >= 11 is 11.7. The fourth-order valence-corrected chi connectivity index (χ4v) is 1.63. The maximum atomic E-state index is 11.3. The molecule has 6 heteroatoms. The number of carbonyl (C=O) groups is 1. The molecule has 1 heterocycles. The summed E-state index contributed by atoms with van der Waals surface area (Å²) in [6.07, 6.45) is 0.925. The molecule has 78 valence electrons. The number of rotatable bonds is 1. The molecule has 1 amide bonds. The van der Waals surface area contributed by atoms with Gasteiger partial charge in [-0.1, -0.05) is 23.2 Å². The van der Waals surface area contributed by atoms with Crippen LogP contribution in [0.4, 0.5) is 10.5 Å². The van der Waals surface area contributed by atoms with Crippen LogP contribution in [0.3, 0.4) is 0 Å². The molecule has 1 aromatic rings. The Balaban J connectivity index is 2.40. The summed E-state index contributed by atoms with van der Waals surface area (Å²) in [5, 5.41) is 5.81. The topological polar surface area (TPSA) is 41.9 Å². The molecule has 4 nitrogen and oxygen atoms in total. The number of ether oxygens (including phenoxy) is 1. The fraction of sp³-hybridized carbons (Fsp3) is 0.111. The van der Waals surface area contributed by atoms with E-state index >= 15 is 0 Å². The normalized spacial score (nSPS) is 15.3. The van der Waals surface area contributed by atoms with Crippen LogP contribution in [-0.2, 0) is 4.74 Å². The predicted octanol–water partition coefficient (Wildman–Crippen LogP) is 2.94. The third kappa shape index (κ3) is 2.06. The first-order valence-electron chi connectivity index (χ1n) is 4.13. The zero-order valence-corrected chi connectivity index (χ0v) is 9.00. The summed E-state index contributed by atoms with van der Waals surface area (Å²) in [4.78, 5) is 11.3. The van der Waals surface area contributed by atoms with Gasteiger partial charge in [-0.25, -0.2) is 4.79 Å². The van der Waals surface area contributed by atoms with Gasteiger partial charge in [0.1, 0.15) is 6.61 Å². The van der Waals surface area contributed by atoms with E-state index in [1.165, 1.54) is 12.3 Å². The Hall–Kier alpha value is -1.26. The van der Waals surface area contributed by atoms with Crippen LogP contribution in [0.25, 0.3) is 0 Å². The molecule has 0 saturated carbocycles. The van der Waals surface area contributed by atoms with Gasteiger partial charge < -0.3 is 4.74 Å². The zero-order chi connectivity index (χ0) is 10.8. The number of hydrazone groups is 1. The van der Waals surface area contributed by atoms with Crippen molar-refractivity contribution in [2.45, 2.75) is 0 Å². The van der Waals surface area contributed by atoms with E-state index in [0.29, 0.717) is 15.7 Å². The molecule has 0 spiro atoms. The Bertz CT molecular complexity index is 434. The molecule has 1 aliphatic heterocycles. The number of hydrogen-bond acceptors (Lipinski definition) is 3. The van der Waals surface area contributed by atoms with Gasteiger partial charge in [0.2, 0.25) is 0 Å². The Morgan fingerprint density at radius 3 is 2.87 bits per heavy atom. The van der Waals surface area contributed by atoms with Crippen LogP contribution in [-0.4, -0.2) is 18.9 Å². The van der Waals surface area contributed by atoms with Crippen molar-refractivity contribution in [1.82, 2.24) is 0 Å². The smallest absolute Gasteiger partial charge is 0.435 e. The minimum absolute atomic E-state index is 0.181. The van der Waals surface area contributed by atoms with Crippen molar-refractivity contribution < 1.29 is 9.53 Å². The second-order valence-corrected chi connectivity index (χ2v) is 3.63. The number of halogens is 2. The standard InChI is InChI=1S/C9H6Cl2N2O2/c10-6-1-2-8(7(11)5-6)13-9(14)15-4-3-12-13/h1-3,5H,4H2. The van der Waals surface area contributed by atoms with Gasteiger partial charge in [0.15, 0.2) is 0 Å². The SMILES string of the molecule is O=C1OCC=NN1c1ccc(Cl)cc1Cl. The molecular formula is C9H6Cl2N2O2. The molecule has 0 unspecified atom stereocenters. The quantitative estimate of drug-likeness (QED) is 0.763. The molecule has 1 aromatic carbocycles. The van der Waals surface area contributed by atoms with Crippen molar-refractivity contribution in [3.63, 3.8) is 0 Å². The van der Waals surface area contributed by atoms with Gasteiger partial charge in [-0.3, -0.25) is 0 Å². The van der Waals surface area contributed by atoms with Gasteiger partial charge in [-0.15, -0.1) is 0 Å². The van der Waals surface area contributed by atoms with Crippen LogP contribution in [0, 0.1) is 0 Å². The number of nitrogens with zero attached hydrogens (tertiary/aromatic N) is 2. The van der Waals surface area contributed by atoms with E-state index in [2.05, 4.69) is 5.10 Å². The maximum Gasteiger partial charge on any atom is 0.435 e. The van der Waals surface area contributed by atoms with Gasteiger partial charge in [0, 0.05) is 5.02 Å². The number of amides is 1. The number of benzene rings is 1. The summed E-state index contributed by atoms with van der Waals surface area (Å²) in [5.74, 6) is 0. The van der Waals surface area contributed by atoms with Gasteiger partial charge in [-0.2, -0.15) is 10.1 Å². The van der Waals surface area contributed by atoms with Crippen molar-refractivity contribution >= 4 is 41.2 Å². The van der Waals surface area contributed by atoms with Crippen LogP contribution in [0.2, 0.25) is 10.0 Å². The van der Waals surface area contributed by atoms with E-state index in [1.807, 2.05) is 0 Å². The largest absolute Gasteiger partial charge is 0.442 e. The summed E-state index contributed by atoms with van der Waals surface area (Å²) in [6.45, 7) is 0.181. The van der Waals surface area contributed by atoms with Crippen molar-refractivity contribution in [1.29, 1.82) is 0 Å². The summed E-state index contributed by atoms with van der Waals surface area (Å²) in [5.41, 5.74) is 0.446. The van der Waals surface area contributed by atoms with Gasteiger partial charge >= 0.3 is 6.09 Å². The maximum absolute atomic E-state index is 11.3. The van der Waals surface area contributed by atoms with E-state index < -0.39 is 6.09 Å². The third-order valence-electron chi connectivity index (χ3n) is 1.79. The highest BCUT2D eigenvalue weighted by Crippen LogP contribution is 2.29. The lowest BCUT2D eigenvalue weighted by Gasteiger charge is -2.20. The zero-order valence-electron chi connectivity index (χ0n) is 7.48. The highest BCUT2D eigenvalue weighted by atomic mass is 35.5. The summed E-state index contributed by atoms with van der Waals surface area (Å²) in [7, 11) is 0. The van der Waals surface area contributed by atoms with Crippen LogP contribution >= 0.6 is 23.2 Å². The number of cyclic esters (lactones) is 1. The molecule has 0 saturated heterocycles. The molecule has 1 aliphatic rings.